The Morgan fingerprint density at radius 3 is 2.70 bits per heavy atom. The zero-order valence-electron chi connectivity index (χ0n) is 12.6. The lowest BCUT2D eigenvalue weighted by molar-refractivity contribution is -0.139. The van der Waals surface area contributed by atoms with Crippen LogP contribution in [0.5, 0.6) is 5.75 Å². The predicted octanol–water partition coefficient (Wildman–Crippen LogP) is 2.19. The van der Waals surface area contributed by atoms with Crippen molar-refractivity contribution < 1.29 is 19.4 Å². The zero-order valence-corrected chi connectivity index (χ0v) is 13.3. The number of ether oxygens (including phenoxy) is 1. The van der Waals surface area contributed by atoms with Crippen LogP contribution in [0, 0.1) is 0 Å². The van der Waals surface area contributed by atoms with Gasteiger partial charge in [0.1, 0.15) is 11.4 Å². The summed E-state index contributed by atoms with van der Waals surface area (Å²) in [5, 5.41) is 18.6. The largest absolute Gasteiger partial charge is 0.495 e. The van der Waals surface area contributed by atoms with Crippen molar-refractivity contribution in [3.63, 3.8) is 0 Å². The second-order valence-corrected chi connectivity index (χ2v) is 5.18. The number of nitrogens with zero attached hydrogens (tertiary/aromatic N) is 1. The molecule has 122 valence electrons. The normalized spacial score (nSPS) is 11.8. The van der Waals surface area contributed by atoms with E-state index in [0.29, 0.717) is 17.7 Å². The molecular formula is C15H16ClN3O4. The first-order valence-corrected chi connectivity index (χ1v) is 7.25. The molecule has 1 aromatic carbocycles. The molecule has 0 radical (unpaired) electrons. The van der Waals surface area contributed by atoms with E-state index in [1.165, 1.54) is 19.2 Å². The number of amides is 1. The number of H-pyrrole nitrogens is 1. The predicted molar refractivity (Wildman–Crippen MR) is 83.8 cm³/mol. The number of benzene rings is 1. The number of rotatable bonds is 6. The Bertz CT molecular complexity index is 729. The second-order valence-electron chi connectivity index (χ2n) is 4.77. The fraction of sp³-hybridized carbons (Fsp3) is 0.267. The van der Waals surface area contributed by atoms with E-state index in [1.54, 1.807) is 12.1 Å². The maximum absolute atomic E-state index is 12.2. The van der Waals surface area contributed by atoms with E-state index < -0.39 is 17.9 Å². The van der Waals surface area contributed by atoms with Crippen LogP contribution in [0.3, 0.4) is 0 Å². The molecule has 0 saturated carbocycles. The molecule has 0 aliphatic rings. The first-order chi connectivity index (χ1) is 11.0. The summed E-state index contributed by atoms with van der Waals surface area (Å²) in [6.45, 7) is 1.91. The average Bonchev–Trinajstić information content (AvgIpc) is 3.01. The van der Waals surface area contributed by atoms with Gasteiger partial charge in [-0.1, -0.05) is 24.6 Å². The second kappa shape index (κ2) is 7.15. The number of carboxylic acids is 1. The maximum atomic E-state index is 12.2. The van der Waals surface area contributed by atoms with Crippen molar-refractivity contribution in [3.8, 4) is 5.75 Å². The monoisotopic (exact) mass is 337 g/mol. The molecule has 7 nitrogen and oxygen atoms in total. The van der Waals surface area contributed by atoms with Crippen molar-refractivity contribution in [1.29, 1.82) is 0 Å². The van der Waals surface area contributed by atoms with E-state index in [0.717, 1.165) is 5.69 Å². The van der Waals surface area contributed by atoms with Crippen molar-refractivity contribution in [2.45, 2.75) is 19.4 Å². The Balaban J connectivity index is 2.23. The van der Waals surface area contributed by atoms with Gasteiger partial charge >= 0.3 is 5.97 Å². The number of halogens is 1. The van der Waals surface area contributed by atoms with Gasteiger partial charge in [-0.2, -0.15) is 5.10 Å². The number of carboxylic acid groups (broad SMARTS) is 1. The molecule has 2 aromatic rings. The van der Waals surface area contributed by atoms with Crippen LogP contribution >= 0.6 is 11.6 Å². The maximum Gasteiger partial charge on any atom is 0.330 e. The van der Waals surface area contributed by atoms with Crippen molar-refractivity contribution >= 4 is 23.5 Å². The van der Waals surface area contributed by atoms with Crippen molar-refractivity contribution in [3.05, 3.63) is 46.2 Å². The molecule has 0 aliphatic carbocycles. The van der Waals surface area contributed by atoms with Crippen LogP contribution in [-0.4, -0.2) is 34.3 Å². The first kappa shape index (κ1) is 16.8. The van der Waals surface area contributed by atoms with Gasteiger partial charge in [-0.05, 0) is 30.2 Å². The van der Waals surface area contributed by atoms with E-state index in [9.17, 15) is 14.7 Å². The summed E-state index contributed by atoms with van der Waals surface area (Å²) in [7, 11) is 1.46. The molecule has 1 aromatic heterocycles. The van der Waals surface area contributed by atoms with E-state index in [1.807, 2.05) is 6.92 Å². The van der Waals surface area contributed by atoms with Crippen molar-refractivity contribution in [2.24, 2.45) is 0 Å². The molecule has 0 unspecified atom stereocenters. The minimum Gasteiger partial charge on any atom is -0.495 e. The summed E-state index contributed by atoms with van der Waals surface area (Å²) >= 11 is 6.01. The lowest BCUT2D eigenvalue weighted by Crippen LogP contribution is -2.34. The third-order valence-electron chi connectivity index (χ3n) is 3.28. The number of hydrogen-bond donors (Lipinski definition) is 3. The van der Waals surface area contributed by atoms with E-state index in [2.05, 4.69) is 15.5 Å². The summed E-state index contributed by atoms with van der Waals surface area (Å²) in [4.78, 5) is 23.6. The lowest BCUT2D eigenvalue weighted by Gasteiger charge is -2.15. The van der Waals surface area contributed by atoms with Gasteiger partial charge in [-0.15, -0.1) is 0 Å². The molecule has 2 rings (SSSR count). The van der Waals surface area contributed by atoms with Gasteiger partial charge in [0.2, 0.25) is 0 Å². The summed E-state index contributed by atoms with van der Waals surface area (Å²) in [5.41, 5.74) is 1.25. The van der Waals surface area contributed by atoms with E-state index >= 15 is 0 Å². The number of aryl methyl sites for hydroxylation is 1. The van der Waals surface area contributed by atoms with Gasteiger partial charge in [0.15, 0.2) is 6.04 Å². The Morgan fingerprint density at radius 1 is 1.43 bits per heavy atom. The van der Waals surface area contributed by atoms with Crippen molar-refractivity contribution in [2.75, 3.05) is 7.11 Å². The quantitative estimate of drug-likeness (QED) is 0.749. The SMILES string of the molecule is CCc1cc(C(=O)N[C@H](C(=O)O)c2ccc(OC)c(Cl)c2)n[nH]1. The first-order valence-electron chi connectivity index (χ1n) is 6.87. The summed E-state index contributed by atoms with van der Waals surface area (Å²) in [5.74, 6) is -1.36. The van der Waals surface area contributed by atoms with Crippen LogP contribution < -0.4 is 10.1 Å². The van der Waals surface area contributed by atoms with Gasteiger partial charge in [0.05, 0.1) is 12.1 Å². The van der Waals surface area contributed by atoms with E-state index in [-0.39, 0.29) is 10.7 Å². The lowest BCUT2D eigenvalue weighted by atomic mass is 10.1. The molecule has 1 heterocycles. The Labute approximate surface area is 137 Å². The van der Waals surface area contributed by atoms with Crippen LogP contribution in [-0.2, 0) is 11.2 Å². The number of nitrogens with one attached hydrogen (secondary N) is 2. The van der Waals surface area contributed by atoms with Gasteiger partial charge in [-0.25, -0.2) is 4.79 Å². The highest BCUT2D eigenvalue weighted by Gasteiger charge is 2.24. The Kier molecular flexibility index (Phi) is 5.23. The summed E-state index contributed by atoms with van der Waals surface area (Å²) in [6, 6.07) is 4.86. The fourth-order valence-corrected chi connectivity index (χ4v) is 2.28. The zero-order chi connectivity index (χ0) is 17.0. The minimum atomic E-state index is -1.24. The number of carbonyl (C=O) groups excluding carboxylic acids is 1. The average molecular weight is 338 g/mol. The number of carbonyl (C=O) groups is 2. The highest BCUT2D eigenvalue weighted by atomic mass is 35.5. The van der Waals surface area contributed by atoms with Crippen LogP contribution in [0.25, 0.3) is 0 Å². The van der Waals surface area contributed by atoms with Gasteiger partial charge in [0.25, 0.3) is 5.91 Å². The van der Waals surface area contributed by atoms with Crippen LogP contribution in [0.2, 0.25) is 5.02 Å². The van der Waals surface area contributed by atoms with Crippen LogP contribution in [0.4, 0.5) is 0 Å². The number of aromatic amines is 1. The fourth-order valence-electron chi connectivity index (χ4n) is 2.01. The molecule has 0 bridgehead atoms. The Morgan fingerprint density at radius 2 is 2.17 bits per heavy atom. The molecule has 8 heteroatoms. The molecule has 3 N–H and O–H groups in total. The third kappa shape index (κ3) is 3.81. The molecule has 0 aliphatic heterocycles. The molecule has 1 amide bonds. The molecule has 0 saturated heterocycles. The highest BCUT2D eigenvalue weighted by Crippen LogP contribution is 2.27. The molecule has 1 atom stereocenters. The number of aromatic nitrogens is 2. The minimum absolute atomic E-state index is 0.132. The molecular weight excluding hydrogens is 322 g/mol. The Hall–Kier alpha value is -2.54. The van der Waals surface area contributed by atoms with E-state index in [4.69, 9.17) is 16.3 Å². The highest BCUT2D eigenvalue weighted by molar-refractivity contribution is 6.32. The molecule has 0 spiro atoms. The molecule has 0 fully saturated rings. The van der Waals surface area contributed by atoms with Gasteiger partial charge in [-0.3, -0.25) is 9.89 Å². The standard InChI is InChI=1S/C15H16ClN3O4/c1-3-9-7-11(19-18-9)14(20)17-13(15(21)22)8-4-5-12(23-2)10(16)6-8/h4-7,13H,3H2,1-2H3,(H,17,20)(H,18,19)(H,21,22)/t13-/m0/s1. The van der Waals surface area contributed by atoms with Gasteiger partial charge < -0.3 is 15.2 Å². The smallest absolute Gasteiger partial charge is 0.330 e. The van der Waals surface area contributed by atoms with Crippen LogP contribution in [0.15, 0.2) is 24.3 Å². The van der Waals surface area contributed by atoms with Crippen molar-refractivity contribution in [1.82, 2.24) is 15.5 Å². The number of hydrogen-bond acceptors (Lipinski definition) is 4. The summed E-state index contributed by atoms with van der Waals surface area (Å²) in [6.07, 6.45) is 0.691. The summed E-state index contributed by atoms with van der Waals surface area (Å²) < 4.78 is 5.02. The van der Waals surface area contributed by atoms with Gasteiger partial charge in [0, 0.05) is 5.69 Å². The number of aliphatic carboxylic acids is 1. The third-order valence-corrected chi connectivity index (χ3v) is 3.57. The number of methoxy groups -OCH3 is 1. The van der Waals surface area contributed by atoms with Crippen LogP contribution in [0.1, 0.15) is 34.7 Å². The topological polar surface area (TPSA) is 104 Å². The molecule has 23 heavy (non-hydrogen) atoms.